The fourth-order valence-electron chi connectivity index (χ4n) is 1.46. The van der Waals surface area contributed by atoms with Crippen LogP contribution in [0.1, 0.15) is 11.1 Å². The highest BCUT2D eigenvalue weighted by molar-refractivity contribution is 9.10. The molecule has 19 heavy (non-hydrogen) atoms. The molecule has 0 atom stereocenters. The summed E-state index contributed by atoms with van der Waals surface area (Å²) in [6.45, 7) is 1.62. The maximum Gasteiger partial charge on any atom is 0.181 e. The summed E-state index contributed by atoms with van der Waals surface area (Å²) in [6, 6.07) is 8.86. The maximum atomic E-state index is 13.9. The molecule has 96 valence electrons. The van der Waals surface area contributed by atoms with E-state index in [1.807, 2.05) is 6.07 Å². The van der Waals surface area contributed by atoms with Gasteiger partial charge in [-0.3, -0.25) is 0 Å². The summed E-state index contributed by atoms with van der Waals surface area (Å²) in [7, 11) is 0. The molecule has 0 saturated heterocycles. The Kier molecular flexibility index (Phi) is 3.82. The molecule has 0 aliphatic heterocycles. The van der Waals surface area contributed by atoms with Crippen LogP contribution in [0.3, 0.4) is 0 Å². The molecule has 0 heterocycles. The van der Waals surface area contributed by atoms with Crippen molar-refractivity contribution in [1.82, 2.24) is 0 Å². The van der Waals surface area contributed by atoms with Crippen molar-refractivity contribution in [3.05, 3.63) is 57.6 Å². The van der Waals surface area contributed by atoms with Crippen molar-refractivity contribution in [2.75, 3.05) is 0 Å². The number of ether oxygens (including phenoxy) is 1. The minimum absolute atomic E-state index is 0.0279. The van der Waals surface area contributed by atoms with Crippen LogP contribution in [0.5, 0.6) is 11.5 Å². The lowest BCUT2D eigenvalue weighted by Gasteiger charge is -2.09. The predicted octanol–water partition coefficient (Wildman–Crippen LogP) is 4.70. The molecule has 0 aromatic heterocycles. The van der Waals surface area contributed by atoms with E-state index in [0.29, 0.717) is 5.56 Å². The van der Waals surface area contributed by atoms with Gasteiger partial charge in [-0.25, -0.2) is 8.78 Å². The quantitative estimate of drug-likeness (QED) is 0.802. The van der Waals surface area contributed by atoms with Gasteiger partial charge in [0.1, 0.15) is 17.6 Å². The van der Waals surface area contributed by atoms with E-state index in [1.165, 1.54) is 18.2 Å². The van der Waals surface area contributed by atoms with E-state index >= 15 is 0 Å². The van der Waals surface area contributed by atoms with Crippen molar-refractivity contribution >= 4 is 15.9 Å². The summed E-state index contributed by atoms with van der Waals surface area (Å²) < 4.78 is 32.6. The Balaban J connectivity index is 2.36. The second kappa shape index (κ2) is 5.37. The van der Waals surface area contributed by atoms with Gasteiger partial charge in [-0.15, -0.1) is 0 Å². The van der Waals surface area contributed by atoms with Gasteiger partial charge >= 0.3 is 0 Å². The Labute approximate surface area is 117 Å². The average Bonchev–Trinajstić information content (AvgIpc) is 2.40. The molecule has 0 aliphatic rings. The molecule has 0 spiro atoms. The van der Waals surface area contributed by atoms with Gasteiger partial charge in [-0.1, -0.05) is 6.07 Å². The second-order valence-electron chi connectivity index (χ2n) is 3.86. The van der Waals surface area contributed by atoms with Crippen molar-refractivity contribution in [3.63, 3.8) is 0 Å². The van der Waals surface area contributed by atoms with E-state index in [-0.39, 0.29) is 21.5 Å². The molecule has 0 fully saturated rings. The Morgan fingerprint density at radius 3 is 2.58 bits per heavy atom. The van der Waals surface area contributed by atoms with Crippen molar-refractivity contribution in [2.45, 2.75) is 6.92 Å². The standard InChI is InChI=1S/C14H8BrF2NO/c1-8-2-4-10(6-11(8)16)19-12-5-3-9(7-18)13(15)14(12)17/h2-6H,1H3. The fraction of sp³-hybridized carbons (Fsp3) is 0.0714. The fourth-order valence-corrected chi connectivity index (χ4v) is 1.88. The van der Waals surface area contributed by atoms with Gasteiger partial charge in [-0.05, 0) is 46.6 Å². The zero-order valence-corrected chi connectivity index (χ0v) is 11.5. The molecule has 2 nitrogen and oxygen atoms in total. The van der Waals surface area contributed by atoms with Crippen molar-refractivity contribution in [2.24, 2.45) is 0 Å². The zero-order chi connectivity index (χ0) is 14.0. The van der Waals surface area contributed by atoms with E-state index < -0.39 is 11.6 Å². The number of hydrogen-bond acceptors (Lipinski definition) is 2. The summed E-state index contributed by atoms with van der Waals surface area (Å²) in [5.74, 6) is -1.00. The van der Waals surface area contributed by atoms with Gasteiger partial charge in [0.05, 0.1) is 10.0 Å². The minimum Gasteiger partial charge on any atom is -0.454 e. The highest BCUT2D eigenvalue weighted by atomic mass is 79.9. The van der Waals surface area contributed by atoms with E-state index in [2.05, 4.69) is 15.9 Å². The molecule has 0 bridgehead atoms. The van der Waals surface area contributed by atoms with Crippen LogP contribution in [0, 0.1) is 29.9 Å². The van der Waals surface area contributed by atoms with Gasteiger partial charge < -0.3 is 4.74 Å². The molecule has 0 radical (unpaired) electrons. The van der Waals surface area contributed by atoms with Gasteiger partial charge in [0.15, 0.2) is 11.6 Å². The van der Waals surface area contributed by atoms with Crippen LogP contribution >= 0.6 is 15.9 Å². The minimum atomic E-state index is -0.694. The number of benzene rings is 2. The summed E-state index contributed by atoms with van der Waals surface area (Å²) in [5, 5.41) is 8.75. The first-order valence-electron chi connectivity index (χ1n) is 5.35. The molecule has 2 aromatic carbocycles. The molecular weight excluding hydrogens is 316 g/mol. The van der Waals surface area contributed by atoms with Crippen LogP contribution in [-0.2, 0) is 0 Å². The molecule has 0 saturated carbocycles. The smallest absolute Gasteiger partial charge is 0.181 e. The monoisotopic (exact) mass is 323 g/mol. The largest absolute Gasteiger partial charge is 0.454 e. The van der Waals surface area contributed by atoms with Crippen molar-refractivity contribution < 1.29 is 13.5 Å². The molecule has 0 amide bonds. The highest BCUT2D eigenvalue weighted by Crippen LogP contribution is 2.31. The maximum absolute atomic E-state index is 13.9. The number of halogens is 3. The third-order valence-electron chi connectivity index (χ3n) is 2.54. The molecule has 5 heteroatoms. The van der Waals surface area contributed by atoms with Crippen LogP contribution in [0.2, 0.25) is 0 Å². The zero-order valence-electron chi connectivity index (χ0n) is 9.88. The Bertz CT molecular complexity index is 680. The third-order valence-corrected chi connectivity index (χ3v) is 3.31. The van der Waals surface area contributed by atoms with Gasteiger partial charge in [0, 0.05) is 6.07 Å². The van der Waals surface area contributed by atoms with Crippen molar-refractivity contribution in [3.8, 4) is 17.6 Å². The average molecular weight is 324 g/mol. The van der Waals surface area contributed by atoms with Crippen LogP contribution in [0.25, 0.3) is 0 Å². The van der Waals surface area contributed by atoms with E-state index in [9.17, 15) is 8.78 Å². The van der Waals surface area contributed by atoms with Gasteiger partial charge in [0.2, 0.25) is 0 Å². The van der Waals surface area contributed by atoms with Crippen molar-refractivity contribution in [1.29, 1.82) is 5.26 Å². The van der Waals surface area contributed by atoms with Gasteiger partial charge in [-0.2, -0.15) is 5.26 Å². The normalized spacial score (nSPS) is 10.1. The lowest BCUT2D eigenvalue weighted by molar-refractivity contribution is 0.436. The van der Waals surface area contributed by atoms with Crippen LogP contribution in [0.15, 0.2) is 34.8 Å². The first-order valence-corrected chi connectivity index (χ1v) is 6.14. The van der Waals surface area contributed by atoms with E-state index in [0.717, 1.165) is 0 Å². The van der Waals surface area contributed by atoms with Gasteiger partial charge in [0.25, 0.3) is 0 Å². The van der Waals surface area contributed by atoms with E-state index in [4.69, 9.17) is 10.00 Å². The first kappa shape index (κ1) is 13.5. The Morgan fingerprint density at radius 2 is 1.95 bits per heavy atom. The molecular formula is C14H8BrF2NO. The molecule has 0 N–H and O–H groups in total. The SMILES string of the molecule is Cc1ccc(Oc2ccc(C#N)c(Br)c2F)cc1F. The van der Waals surface area contributed by atoms with Crippen LogP contribution in [0.4, 0.5) is 8.78 Å². The third kappa shape index (κ3) is 2.74. The lowest BCUT2D eigenvalue weighted by Crippen LogP contribution is -1.93. The number of nitrogens with zero attached hydrogens (tertiary/aromatic N) is 1. The topological polar surface area (TPSA) is 33.0 Å². The van der Waals surface area contributed by atoms with E-state index in [1.54, 1.807) is 19.1 Å². The predicted molar refractivity (Wildman–Crippen MR) is 70.0 cm³/mol. The number of aryl methyl sites for hydroxylation is 1. The molecule has 2 aromatic rings. The summed E-state index contributed by atoms with van der Waals surface area (Å²) >= 11 is 2.98. The number of nitriles is 1. The number of hydrogen-bond donors (Lipinski definition) is 0. The first-order chi connectivity index (χ1) is 9.02. The van der Waals surface area contributed by atoms with Crippen LogP contribution < -0.4 is 4.74 Å². The molecule has 2 rings (SSSR count). The van der Waals surface area contributed by atoms with Crippen LogP contribution in [-0.4, -0.2) is 0 Å². The molecule has 0 aliphatic carbocycles. The highest BCUT2D eigenvalue weighted by Gasteiger charge is 2.13. The molecule has 0 unspecified atom stereocenters. The Morgan fingerprint density at radius 1 is 1.21 bits per heavy atom. The summed E-state index contributed by atoms with van der Waals surface area (Å²) in [5.41, 5.74) is 0.647. The lowest BCUT2D eigenvalue weighted by atomic mass is 10.2. The Hall–Kier alpha value is -1.93. The summed E-state index contributed by atoms with van der Waals surface area (Å²) in [6.07, 6.45) is 0. The summed E-state index contributed by atoms with van der Waals surface area (Å²) in [4.78, 5) is 0. The number of rotatable bonds is 2. The second-order valence-corrected chi connectivity index (χ2v) is 4.66.